The lowest BCUT2D eigenvalue weighted by molar-refractivity contribution is -0.141. The van der Waals surface area contributed by atoms with E-state index in [2.05, 4.69) is 32.6 Å². The van der Waals surface area contributed by atoms with Crippen molar-refractivity contribution in [3.05, 3.63) is 48.0 Å². The maximum absolute atomic E-state index is 13.4. The number of rotatable bonds is 6. The van der Waals surface area contributed by atoms with E-state index >= 15 is 0 Å². The summed E-state index contributed by atoms with van der Waals surface area (Å²) in [7, 11) is 1.69. The summed E-state index contributed by atoms with van der Waals surface area (Å²) in [4.78, 5) is 13.4. The maximum atomic E-state index is 13.4. The van der Waals surface area contributed by atoms with Gasteiger partial charge in [-0.25, -0.2) is 0 Å². The quantitative estimate of drug-likeness (QED) is 0.814. The van der Waals surface area contributed by atoms with Crippen LogP contribution in [0.1, 0.15) is 32.3 Å². The van der Waals surface area contributed by atoms with E-state index in [1.807, 2.05) is 18.2 Å². The average Bonchev–Trinajstić information content (AvgIpc) is 3.02. The highest BCUT2D eigenvalue weighted by molar-refractivity contribution is 5.89. The number of ether oxygens (including phenoxy) is 1. The van der Waals surface area contributed by atoms with Crippen LogP contribution >= 0.6 is 0 Å². The van der Waals surface area contributed by atoms with Crippen molar-refractivity contribution in [1.82, 2.24) is 0 Å². The minimum Gasteiger partial charge on any atom is -0.396 e. The molecule has 2 aliphatic rings. The molecule has 24 heavy (non-hydrogen) atoms. The average molecular weight is 328 g/mol. The van der Waals surface area contributed by atoms with Crippen LogP contribution in [0.5, 0.6) is 0 Å². The van der Waals surface area contributed by atoms with Gasteiger partial charge < -0.3 is 9.84 Å². The van der Waals surface area contributed by atoms with E-state index in [1.54, 1.807) is 7.11 Å². The van der Waals surface area contributed by atoms with Crippen molar-refractivity contribution in [3.63, 3.8) is 0 Å². The van der Waals surface area contributed by atoms with Crippen molar-refractivity contribution in [3.8, 4) is 0 Å². The minimum absolute atomic E-state index is 0.0793. The number of carbonyl (C=O) groups is 1. The Morgan fingerprint density at radius 2 is 2.00 bits per heavy atom. The Bertz CT molecular complexity index is 634. The van der Waals surface area contributed by atoms with Crippen molar-refractivity contribution >= 4 is 5.78 Å². The molecule has 0 radical (unpaired) electrons. The number of methoxy groups -OCH3 is 1. The Kier molecular flexibility index (Phi) is 4.43. The number of fused-ring (bicyclic) bond motifs is 2. The van der Waals surface area contributed by atoms with Crippen LogP contribution in [-0.4, -0.2) is 30.7 Å². The molecule has 3 rings (SSSR count). The van der Waals surface area contributed by atoms with Crippen LogP contribution in [0.15, 0.2) is 42.5 Å². The smallest absolute Gasteiger partial charge is 0.142 e. The van der Waals surface area contributed by atoms with Crippen LogP contribution in [0.4, 0.5) is 0 Å². The Labute approximate surface area is 144 Å². The Morgan fingerprint density at radius 1 is 1.33 bits per heavy atom. The number of hydrogen-bond donors (Lipinski definition) is 1. The van der Waals surface area contributed by atoms with Gasteiger partial charge in [-0.15, -0.1) is 0 Å². The van der Waals surface area contributed by atoms with Crippen LogP contribution in [0.3, 0.4) is 0 Å². The number of benzene rings is 1. The minimum atomic E-state index is -0.564. The zero-order valence-corrected chi connectivity index (χ0v) is 14.9. The molecule has 130 valence electrons. The summed E-state index contributed by atoms with van der Waals surface area (Å²) >= 11 is 0. The Morgan fingerprint density at radius 3 is 2.58 bits per heavy atom. The fraction of sp³-hybridized carbons (Fsp3) is 0.571. The van der Waals surface area contributed by atoms with Crippen LogP contribution in [0.25, 0.3) is 0 Å². The van der Waals surface area contributed by atoms with E-state index in [9.17, 15) is 9.90 Å². The summed E-state index contributed by atoms with van der Waals surface area (Å²) in [6, 6.07) is 10.1. The van der Waals surface area contributed by atoms with E-state index in [-0.39, 0.29) is 35.7 Å². The predicted molar refractivity (Wildman–Crippen MR) is 94.6 cm³/mol. The molecule has 2 fully saturated rings. The number of ketones is 1. The molecular weight excluding hydrogens is 300 g/mol. The van der Waals surface area contributed by atoms with Gasteiger partial charge in [-0.3, -0.25) is 4.79 Å². The molecule has 4 unspecified atom stereocenters. The van der Waals surface area contributed by atoms with Gasteiger partial charge in [0.05, 0.1) is 11.5 Å². The molecule has 0 aromatic heterocycles. The van der Waals surface area contributed by atoms with Gasteiger partial charge in [0.15, 0.2) is 0 Å². The number of carbonyl (C=O) groups excluding carboxylic acids is 1. The molecule has 1 N–H and O–H groups in total. The molecule has 4 atom stereocenters. The van der Waals surface area contributed by atoms with Crippen LogP contribution in [0.2, 0.25) is 0 Å². The first-order chi connectivity index (χ1) is 11.4. The second-order valence-electron chi connectivity index (χ2n) is 7.86. The van der Waals surface area contributed by atoms with E-state index in [0.29, 0.717) is 12.8 Å². The predicted octanol–water partition coefficient (Wildman–Crippen LogP) is 3.41. The van der Waals surface area contributed by atoms with Crippen LogP contribution in [-0.2, 0) is 16.0 Å². The van der Waals surface area contributed by atoms with Gasteiger partial charge in [-0.1, -0.05) is 56.3 Å². The first kappa shape index (κ1) is 17.4. The summed E-state index contributed by atoms with van der Waals surface area (Å²) in [6.45, 7) is 8.62. The summed E-state index contributed by atoms with van der Waals surface area (Å²) in [5, 5.41) is 9.79. The normalized spacial score (nSPS) is 33.8. The molecule has 0 heterocycles. The second-order valence-corrected chi connectivity index (χ2v) is 7.86. The molecular formula is C21H28O3. The highest BCUT2D eigenvalue weighted by Crippen LogP contribution is 2.69. The van der Waals surface area contributed by atoms with Gasteiger partial charge in [0, 0.05) is 31.5 Å². The summed E-state index contributed by atoms with van der Waals surface area (Å²) < 4.78 is 5.82. The molecule has 2 saturated carbocycles. The van der Waals surface area contributed by atoms with Crippen molar-refractivity contribution in [1.29, 1.82) is 0 Å². The first-order valence-electron chi connectivity index (χ1n) is 8.80. The number of aryl methyl sites for hydroxylation is 1. The van der Waals surface area contributed by atoms with Gasteiger partial charge in [-0.2, -0.15) is 0 Å². The Balaban J connectivity index is 1.90. The van der Waals surface area contributed by atoms with Gasteiger partial charge in [-0.05, 0) is 24.3 Å². The number of hydrogen-bond acceptors (Lipinski definition) is 3. The van der Waals surface area contributed by atoms with Gasteiger partial charge in [0.2, 0.25) is 0 Å². The fourth-order valence-corrected chi connectivity index (χ4v) is 5.26. The monoisotopic (exact) mass is 328 g/mol. The largest absolute Gasteiger partial charge is 0.396 e. The summed E-state index contributed by atoms with van der Waals surface area (Å²) in [5.74, 6) is 0.412. The van der Waals surface area contributed by atoms with Crippen LogP contribution < -0.4 is 0 Å². The highest BCUT2D eigenvalue weighted by Gasteiger charge is 2.71. The number of Topliss-reactive ketones (excluding diaryl/α,β-unsaturated/α-hetero) is 1. The third-order valence-electron chi connectivity index (χ3n) is 6.69. The van der Waals surface area contributed by atoms with Crippen LogP contribution in [0, 0.1) is 22.7 Å². The molecule has 3 nitrogen and oxygen atoms in total. The van der Waals surface area contributed by atoms with E-state index in [1.165, 1.54) is 5.56 Å². The molecule has 2 bridgehead atoms. The lowest BCUT2D eigenvalue weighted by atomic mass is 9.58. The third kappa shape index (κ3) is 2.21. The molecule has 0 spiro atoms. The van der Waals surface area contributed by atoms with Crippen molar-refractivity contribution in [2.45, 2.75) is 39.2 Å². The van der Waals surface area contributed by atoms with Crippen molar-refractivity contribution in [2.75, 3.05) is 13.7 Å². The summed E-state index contributed by atoms with van der Waals surface area (Å²) in [5.41, 5.74) is 1.38. The fourth-order valence-electron chi connectivity index (χ4n) is 5.26. The van der Waals surface area contributed by atoms with Crippen molar-refractivity contribution < 1.29 is 14.6 Å². The molecule has 2 aliphatic carbocycles. The molecule has 3 heteroatoms. The second kappa shape index (κ2) is 6.12. The maximum Gasteiger partial charge on any atom is 0.142 e. The molecule has 0 amide bonds. The third-order valence-corrected chi connectivity index (χ3v) is 6.69. The SMILES string of the molecule is C=C1C2C(CO)CC(C(=O)CCc3ccccc3)(C2OC)C1(C)C. The van der Waals surface area contributed by atoms with E-state index in [4.69, 9.17) is 4.74 Å². The lowest BCUT2D eigenvalue weighted by Crippen LogP contribution is -2.47. The highest BCUT2D eigenvalue weighted by atomic mass is 16.5. The zero-order chi connectivity index (χ0) is 17.5. The number of aliphatic hydroxyl groups excluding tert-OH is 1. The van der Waals surface area contributed by atoms with E-state index in [0.717, 1.165) is 12.0 Å². The topological polar surface area (TPSA) is 46.5 Å². The summed E-state index contributed by atoms with van der Waals surface area (Å²) in [6.07, 6.45) is 1.78. The van der Waals surface area contributed by atoms with Gasteiger partial charge in [0.1, 0.15) is 5.78 Å². The van der Waals surface area contributed by atoms with Gasteiger partial charge in [0.25, 0.3) is 0 Å². The first-order valence-corrected chi connectivity index (χ1v) is 8.80. The Hall–Kier alpha value is -1.45. The number of aliphatic hydroxyl groups is 1. The zero-order valence-electron chi connectivity index (χ0n) is 14.9. The van der Waals surface area contributed by atoms with E-state index < -0.39 is 5.41 Å². The lowest BCUT2D eigenvalue weighted by Gasteiger charge is -2.44. The van der Waals surface area contributed by atoms with Gasteiger partial charge >= 0.3 is 0 Å². The molecule has 0 aliphatic heterocycles. The molecule has 1 aromatic carbocycles. The molecule has 1 aromatic rings. The van der Waals surface area contributed by atoms with Crippen molar-refractivity contribution in [2.24, 2.45) is 22.7 Å². The standard InChI is InChI=1S/C21H28O3/c1-14-18-16(13-22)12-21(19(18)24-4,20(14,2)3)17(23)11-10-15-8-6-5-7-9-15/h5-9,16,18-19,22H,1,10-13H2,2-4H3. The molecule has 0 saturated heterocycles.